The van der Waals surface area contributed by atoms with Crippen molar-refractivity contribution in [3.63, 3.8) is 0 Å². The number of benzene rings is 1. The highest BCUT2D eigenvalue weighted by molar-refractivity contribution is 5.89. The van der Waals surface area contributed by atoms with Gasteiger partial charge in [-0.1, -0.05) is 6.07 Å². The zero-order valence-corrected chi connectivity index (χ0v) is 8.53. The second-order valence-corrected chi connectivity index (χ2v) is 3.50. The van der Waals surface area contributed by atoms with Gasteiger partial charge < -0.3 is 15.3 Å². The maximum atomic E-state index is 13.6. The molecule has 5 heteroatoms. The Kier molecular flexibility index (Phi) is 2.40. The molecule has 0 aliphatic carbocycles. The molecule has 0 aliphatic heterocycles. The highest BCUT2D eigenvalue weighted by Gasteiger charge is 2.24. The number of furan rings is 1. The molecule has 3 N–H and O–H groups in total. The number of carboxylic acids is 1. The van der Waals surface area contributed by atoms with Gasteiger partial charge in [0.2, 0.25) is 0 Å². The first-order chi connectivity index (χ1) is 7.52. The van der Waals surface area contributed by atoms with Crippen molar-refractivity contribution in [3.05, 3.63) is 35.3 Å². The second-order valence-electron chi connectivity index (χ2n) is 3.50. The highest BCUT2D eigenvalue weighted by atomic mass is 19.1. The van der Waals surface area contributed by atoms with E-state index in [1.807, 2.05) is 0 Å². The minimum Gasteiger partial charge on any atom is -0.480 e. The molecule has 1 atom stereocenters. The van der Waals surface area contributed by atoms with Crippen LogP contribution in [-0.4, -0.2) is 11.1 Å². The SMILES string of the molecule is Cc1oc2cccc(F)c2c1C(N)C(=O)O. The molecule has 0 spiro atoms. The Hall–Kier alpha value is -1.88. The van der Waals surface area contributed by atoms with E-state index in [0.29, 0.717) is 11.3 Å². The Bertz CT molecular complexity index is 562. The molecule has 1 aromatic carbocycles. The summed E-state index contributed by atoms with van der Waals surface area (Å²) in [5.74, 6) is -1.41. The summed E-state index contributed by atoms with van der Waals surface area (Å²) in [6.07, 6.45) is 0. The second kappa shape index (κ2) is 3.61. The third kappa shape index (κ3) is 1.45. The zero-order valence-electron chi connectivity index (χ0n) is 8.53. The summed E-state index contributed by atoms with van der Waals surface area (Å²) in [6, 6.07) is 3.04. The number of rotatable bonds is 2. The molecular formula is C11H10FNO3. The number of nitrogens with two attached hydrogens (primary N) is 1. The van der Waals surface area contributed by atoms with Gasteiger partial charge in [-0.15, -0.1) is 0 Å². The Morgan fingerprint density at radius 3 is 2.88 bits per heavy atom. The Balaban J connectivity index is 2.77. The monoisotopic (exact) mass is 223 g/mol. The van der Waals surface area contributed by atoms with Crippen molar-refractivity contribution in [2.75, 3.05) is 0 Å². The molecule has 0 fully saturated rings. The number of aryl methyl sites for hydroxylation is 1. The molecule has 0 saturated carbocycles. The quantitative estimate of drug-likeness (QED) is 0.815. The van der Waals surface area contributed by atoms with Crippen LogP contribution in [0.15, 0.2) is 22.6 Å². The predicted molar refractivity (Wildman–Crippen MR) is 55.5 cm³/mol. The first-order valence-electron chi connectivity index (χ1n) is 4.68. The molecule has 4 nitrogen and oxygen atoms in total. The average Bonchev–Trinajstić information content (AvgIpc) is 2.54. The Morgan fingerprint density at radius 2 is 2.25 bits per heavy atom. The van der Waals surface area contributed by atoms with E-state index in [1.165, 1.54) is 12.1 Å². The molecule has 0 saturated heterocycles. The summed E-state index contributed by atoms with van der Waals surface area (Å²) < 4.78 is 18.8. The number of carbonyl (C=O) groups is 1. The van der Waals surface area contributed by atoms with Gasteiger partial charge in [-0.3, -0.25) is 4.79 Å². The van der Waals surface area contributed by atoms with Crippen LogP contribution in [-0.2, 0) is 4.79 Å². The first-order valence-corrected chi connectivity index (χ1v) is 4.68. The van der Waals surface area contributed by atoms with Crippen LogP contribution in [0, 0.1) is 12.7 Å². The fourth-order valence-electron chi connectivity index (χ4n) is 1.74. The average molecular weight is 223 g/mol. The van der Waals surface area contributed by atoms with Gasteiger partial charge in [0, 0.05) is 5.56 Å². The number of fused-ring (bicyclic) bond motifs is 1. The molecule has 1 heterocycles. The molecule has 16 heavy (non-hydrogen) atoms. The van der Waals surface area contributed by atoms with Gasteiger partial charge in [-0.2, -0.15) is 0 Å². The normalized spacial score (nSPS) is 12.9. The minimum atomic E-state index is -1.28. The van der Waals surface area contributed by atoms with E-state index >= 15 is 0 Å². The van der Waals surface area contributed by atoms with Gasteiger partial charge >= 0.3 is 5.97 Å². The maximum Gasteiger partial charge on any atom is 0.325 e. The summed E-state index contributed by atoms with van der Waals surface area (Å²) in [7, 11) is 0. The van der Waals surface area contributed by atoms with Crippen molar-refractivity contribution in [3.8, 4) is 0 Å². The van der Waals surface area contributed by atoms with Gasteiger partial charge in [0.25, 0.3) is 0 Å². The summed E-state index contributed by atoms with van der Waals surface area (Å²) in [5, 5.41) is 8.99. The van der Waals surface area contributed by atoms with Crippen molar-refractivity contribution in [2.24, 2.45) is 5.73 Å². The fraction of sp³-hybridized carbons (Fsp3) is 0.182. The van der Waals surface area contributed by atoms with Crippen LogP contribution >= 0.6 is 0 Å². The van der Waals surface area contributed by atoms with E-state index in [2.05, 4.69) is 0 Å². The van der Waals surface area contributed by atoms with Crippen molar-refractivity contribution < 1.29 is 18.7 Å². The van der Waals surface area contributed by atoms with E-state index in [9.17, 15) is 9.18 Å². The Labute approximate surface area is 90.5 Å². The lowest BCUT2D eigenvalue weighted by Gasteiger charge is -2.05. The van der Waals surface area contributed by atoms with Crippen LogP contribution in [0.3, 0.4) is 0 Å². The standard InChI is InChI=1S/C11H10FNO3/c1-5-8(10(13)11(14)15)9-6(12)3-2-4-7(9)16-5/h2-4,10H,13H2,1H3,(H,14,15). The number of aliphatic carboxylic acids is 1. The number of carboxylic acid groups (broad SMARTS) is 1. The molecule has 84 valence electrons. The topological polar surface area (TPSA) is 76.5 Å². The third-order valence-electron chi connectivity index (χ3n) is 2.46. The summed E-state index contributed by atoms with van der Waals surface area (Å²) in [4.78, 5) is 10.8. The molecule has 1 unspecified atom stereocenters. The number of halogens is 1. The van der Waals surface area contributed by atoms with E-state index in [1.54, 1.807) is 13.0 Å². The molecule has 0 bridgehead atoms. The van der Waals surface area contributed by atoms with Crippen LogP contribution < -0.4 is 5.73 Å². The highest BCUT2D eigenvalue weighted by Crippen LogP contribution is 2.31. The molecule has 2 rings (SSSR count). The van der Waals surface area contributed by atoms with Crippen molar-refractivity contribution in [2.45, 2.75) is 13.0 Å². The van der Waals surface area contributed by atoms with Gasteiger partial charge in [-0.05, 0) is 19.1 Å². The summed E-state index contributed by atoms with van der Waals surface area (Å²) in [6.45, 7) is 1.57. The smallest absolute Gasteiger partial charge is 0.325 e. The summed E-state index contributed by atoms with van der Waals surface area (Å²) >= 11 is 0. The lowest BCUT2D eigenvalue weighted by Crippen LogP contribution is -2.21. The van der Waals surface area contributed by atoms with Crippen molar-refractivity contribution in [1.29, 1.82) is 0 Å². The minimum absolute atomic E-state index is 0.148. The number of hydrogen-bond acceptors (Lipinski definition) is 3. The van der Waals surface area contributed by atoms with E-state index < -0.39 is 17.8 Å². The fourth-order valence-corrected chi connectivity index (χ4v) is 1.74. The van der Waals surface area contributed by atoms with E-state index in [-0.39, 0.29) is 10.9 Å². The number of hydrogen-bond donors (Lipinski definition) is 2. The van der Waals surface area contributed by atoms with E-state index in [0.717, 1.165) is 0 Å². The molecule has 2 aromatic rings. The van der Waals surface area contributed by atoms with E-state index in [4.69, 9.17) is 15.3 Å². The Morgan fingerprint density at radius 1 is 1.56 bits per heavy atom. The van der Waals surface area contributed by atoms with Gasteiger partial charge in [0.1, 0.15) is 23.2 Å². The largest absolute Gasteiger partial charge is 0.480 e. The van der Waals surface area contributed by atoms with Crippen LogP contribution in [0.5, 0.6) is 0 Å². The lowest BCUT2D eigenvalue weighted by atomic mass is 10.0. The molecule has 0 amide bonds. The van der Waals surface area contributed by atoms with Crippen LogP contribution in [0.1, 0.15) is 17.4 Å². The molecule has 1 aromatic heterocycles. The van der Waals surface area contributed by atoms with Crippen molar-refractivity contribution in [1.82, 2.24) is 0 Å². The third-order valence-corrected chi connectivity index (χ3v) is 2.46. The maximum absolute atomic E-state index is 13.6. The van der Waals surface area contributed by atoms with Crippen LogP contribution in [0.25, 0.3) is 11.0 Å². The van der Waals surface area contributed by atoms with Crippen LogP contribution in [0.4, 0.5) is 4.39 Å². The molecule has 0 aliphatic rings. The summed E-state index contributed by atoms with van der Waals surface area (Å²) in [5.41, 5.74) is 6.00. The van der Waals surface area contributed by atoms with Gasteiger partial charge in [0.05, 0.1) is 5.39 Å². The zero-order chi connectivity index (χ0) is 11.9. The van der Waals surface area contributed by atoms with Gasteiger partial charge in [0.15, 0.2) is 0 Å². The van der Waals surface area contributed by atoms with Gasteiger partial charge in [-0.25, -0.2) is 4.39 Å². The lowest BCUT2D eigenvalue weighted by molar-refractivity contribution is -0.138. The molecule has 0 radical (unpaired) electrons. The predicted octanol–water partition coefficient (Wildman–Crippen LogP) is 1.96. The van der Waals surface area contributed by atoms with Crippen molar-refractivity contribution >= 4 is 16.9 Å². The first kappa shape index (κ1) is 10.6. The van der Waals surface area contributed by atoms with Crippen LogP contribution in [0.2, 0.25) is 0 Å². The molecular weight excluding hydrogens is 213 g/mol.